The van der Waals surface area contributed by atoms with Crippen LogP contribution in [-0.4, -0.2) is 17.6 Å². The highest BCUT2D eigenvalue weighted by Crippen LogP contribution is 2.29. The zero-order valence-electron chi connectivity index (χ0n) is 15.9. The minimum Gasteiger partial charge on any atom is -0.495 e. The number of fused-ring (bicyclic) bond motifs is 1. The van der Waals surface area contributed by atoms with Gasteiger partial charge in [-0.15, -0.1) is 0 Å². The molecule has 3 aromatic rings. The maximum atomic E-state index is 12.5. The first-order valence-electron chi connectivity index (χ1n) is 8.70. The molecular weight excluding hydrogens is 344 g/mol. The van der Waals surface area contributed by atoms with E-state index < -0.39 is 0 Å². The van der Waals surface area contributed by atoms with E-state index in [9.17, 15) is 4.79 Å². The van der Waals surface area contributed by atoms with Gasteiger partial charge < -0.3 is 9.30 Å². The highest BCUT2D eigenvalue weighted by Gasteiger charge is 2.12. The lowest BCUT2D eigenvalue weighted by atomic mass is 10.0. The topological polar surface area (TPSA) is 43.6 Å². The molecule has 0 atom stereocenters. The van der Waals surface area contributed by atoms with Crippen molar-refractivity contribution in [3.05, 3.63) is 57.9 Å². The maximum Gasteiger partial charge on any atom is 0.252 e. The molecule has 0 spiro atoms. The molecule has 5 heteroatoms. The van der Waals surface area contributed by atoms with Crippen LogP contribution in [0.4, 0.5) is 0 Å². The highest BCUT2D eigenvalue weighted by atomic mass is 32.1. The van der Waals surface area contributed by atoms with E-state index >= 15 is 0 Å². The lowest BCUT2D eigenvalue weighted by Crippen LogP contribution is -2.14. The SMILES string of the molecule is COc1ccc(C)c2sc(=NC(=O)Cc3ccc(C(C)C)cc3)n(C)c12. The molecule has 0 unspecified atom stereocenters. The van der Waals surface area contributed by atoms with Crippen LogP contribution in [0.5, 0.6) is 5.75 Å². The van der Waals surface area contributed by atoms with Gasteiger partial charge in [-0.3, -0.25) is 4.79 Å². The number of nitrogens with zero attached hydrogens (tertiary/aromatic N) is 2. The summed E-state index contributed by atoms with van der Waals surface area (Å²) in [7, 11) is 3.58. The van der Waals surface area contributed by atoms with Crippen LogP contribution in [0.2, 0.25) is 0 Å². The molecule has 0 saturated heterocycles. The minimum absolute atomic E-state index is 0.138. The van der Waals surface area contributed by atoms with Gasteiger partial charge in [-0.25, -0.2) is 0 Å². The van der Waals surface area contributed by atoms with Crippen LogP contribution >= 0.6 is 11.3 Å². The Hall–Kier alpha value is -2.40. The zero-order valence-corrected chi connectivity index (χ0v) is 16.7. The van der Waals surface area contributed by atoms with E-state index in [0.717, 1.165) is 27.1 Å². The summed E-state index contributed by atoms with van der Waals surface area (Å²) in [5.41, 5.74) is 4.39. The summed E-state index contributed by atoms with van der Waals surface area (Å²) in [5, 5.41) is 0. The Balaban J connectivity index is 1.93. The van der Waals surface area contributed by atoms with Crippen LogP contribution in [-0.2, 0) is 18.3 Å². The predicted molar refractivity (Wildman–Crippen MR) is 107 cm³/mol. The Bertz CT molecular complexity index is 1010. The lowest BCUT2D eigenvalue weighted by molar-refractivity contribution is -0.117. The zero-order chi connectivity index (χ0) is 18.8. The average molecular weight is 369 g/mol. The van der Waals surface area contributed by atoms with Gasteiger partial charge in [0.1, 0.15) is 11.3 Å². The van der Waals surface area contributed by atoms with Crippen molar-refractivity contribution in [3.8, 4) is 5.75 Å². The third-order valence-electron chi connectivity index (χ3n) is 4.55. The van der Waals surface area contributed by atoms with Crippen LogP contribution in [0.25, 0.3) is 10.2 Å². The van der Waals surface area contributed by atoms with Gasteiger partial charge >= 0.3 is 0 Å². The van der Waals surface area contributed by atoms with Crippen LogP contribution in [0.15, 0.2) is 41.4 Å². The fraction of sp³-hybridized carbons (Fsp3) is 0.333. The molecule has 2 aromatic carbocycles. The molecule has 0 radical (unpaired) electrons. The number of rotatable bonds is 4. The van der Waals surface area contributed by atoms with Crippen molar-refractivity contribution in [1.29, 1.82) is 0 Å². The van der Waals surface area contributed by atoms with Gasteiger partial charge in [0.15, 0.2) is 4.80 Å². The Labute approximate surface area is 157 Å². The molecule has 0 aliphatic rings. The van der Waals surface area contributed by atoms with E-state index in [1.54, 1.807) is 7.11 Å². The smallest absolute Gasteiger partial charge is 0.252 e. The summed E-state index contributed by atoms with van der Waals surface area (Å²) in [6, 6.07) is 12.2. The molecule has 0 N–H and O–H groups in total. The Morgan fingerprint density at radius 3 is 2.50 bits per heavy atom. The molecule has 0 bridgehead atoms. The second kappa shape index (κ2) is 7.46. The fourth-order valence-electron chi connectivity index (χ4n) is 2.96. The van der Waals surface area contributed by atoms with E-state index in [4.69, 9.17) is 4.74 Å². The first-order chi connectivity index (χ1) is 12.4. The van der Waals surface area contributed by atoms with E-state index in [1.165, 1.54) is 16.9 Å². The Morgan fingerprint density at radius 1 is 1.19 bits per heavy atom. The fourth-order valence-corrected chi connectivity index (χ4v) is 4.08. The standard InChI is InChI=1S/C21H24N2O2S/c1-13(2)16-9-7-15(8-10-16)12-18(24)22-21-23(4)19-17(25-5)11-6-14(3)20(19)26-21/h6-11,13H,12H2,1-5H3. The Morgan fingerprint density at radius 2 is 1.88 bits per heavy atom. The molecular formula is C21H24N2O2S. The molecule has 136 valence electrons. The van der Waals surface area contributed by atoms with E-state index in [-0.39, 0.29) is 5.91 Å². The minimum atomic E-state index is -0.138. The number of hydrogen-bond acceptors (Lipinski definition) is 3. The van der Waals surface area contributed by atoms with Gasteiger partial charge in [-0.05, 0) is 35.6 Å². The van der Waals surface area contributed by atoms with Crippen molar-refractivity contribution < 1.29 is 9.53 Å². The summed E-state index contributed by atoms with van der Waals surface area (Å²) in [5.74, 6) is 1.14. The quantitative estimate of drug-likeness (QED) is 0.687. The van der Waals surface area contributed by atoms with Gasteiger partial charge in [0, 0.05) is 7.05 Å². The number of ether oxygens (including phenoxy) is 1. The largest absolute Gasteiger partial charge is 0.495 e. The van der Waals surface area contributed by atoms with E-state index in [1.807, 2.05) is 35.9 Å². The predicted octanol–water partition coefficient (Wildman–Crippen LogP) is 4.35. The molecule has 1 heterocycles. The molecule has 26 heavy (non-hydrogen) atoms. The van der Waals surface area contributed by atoms with Crippen molar-refractivity contribution >= 4 is 27.5 Å². The molecule has 0 aliphatic heterocycles. The number of amides is 1. The summed E-state index contributed by atoms with van der Waals surface area (Å²) < 4.78 is 8.50. The van der Waals surface area contributed by atoms with Crippen molar-refractivity contribution in [2.24, 2.45) is 12.0 Å². The van der Waals surface area contributed by atoms with Crippen LogP contribution in [0, 0.1) is 6.92 Å². The van der Waals surface area contributed by atoms with Crippen molar-refractivity contribution in [2.45, 2.75) is 33.1 Å². The molecule has 0 aliphatic carbocycles. The molecule has 1 amide bonds. The van der Waals surface area contributed by atoms with Crippen LogP contribution in [0.1, 0.15) is 36.5 Å². The third kappa shape index (κ3) is 3.58. The summed E-state index contributed by atoms with van der Waals surface area (Å²) in [4.78, 5) is 17.5. The first kappa shape index (κ1) is 18.4. The number of thiazole rings is 1. The number of hydrogen-bond donors (Lipinski definition) is 0. The van der Waals surface area contributed by atoms with E-state index in [2.05, 4.69) is 37.9 Å². The molecule has 3 rings (SSSR count). The van der Waals surface area contributed by atoms with Gasteiger partial charge in [0.05, 0.1) is 18.2 Å². The molecule has 4 nitrogen and oxygen atoms in total. The van der Waals surface area contributed by atoms with Gasteiger partial charge in [-0.2, -0.15) is 4.99 Å². The summed E-state index contributed by atoms with van der Waals surface area (Å²) in [6.07, 6.45) is 0.308. The lowest BCUT2D eigenvalue weighted by Gasteiger charge is -2.06. The van der Waals surface area contributed by atoms with Crippen molar-refractivity contribution in [1.82, 2.24) is 4.57 Å². The molecule has 1 aromatic heterocycles. The number of carbonyl (C=O) groups is 1. The normalized spacial score (nSPS) is 12.2. The van der Waals surface area contributed by atoms with Crippen molar-refractivity contribution in [2.75, 3.05) is 7.11 Å². The number of carbonyl (C=O) groups excluding carboxylic acids is 1. The van der Waals surface area contributed by atoms with Crippen molar-refractivity contribution in [3.63, 3.8) is 0 Å². The van der Waals surface area contributed by atoms with Gasteiger partial charge in [0.25, 0.3) is 5.91 Å². The van der Waals surface area contributed by atoms with Gasteiger partial charge in [0.2, 0.25) is 0 Å². The van der Waals surface area contributed by atoms with Gasteiger partial charge in [-0.1, -0.05) is 55.5 Å². The number of aryl methyl sites for hydroxylation is 2. The molecule has 0 saturated carbocycles. The highest BCUT2D eigenvalue weighted by molar-refractivity contribution is 7.16. The average Bonchev–Trinajstić information content (AvgIpc) is 2.93. The number of benzene rings is 2. The third-order valence-corrected chi connectivity index (χ3v) is 5.82. The first-order valence-corrected chi connectivity index (χ1v) is 9.52. The number of aromatic nitrogens is 1. The van der Waals surface area contributed by atoms with Crippen LogP contribution in [0.3, 0.4) is 0 Å². The molecule has 0 fully saturated rings. The van der Waals surface area contributed by atoms with Crippen LogP contribution < -0.4 is 9.54 Å². The Kier molecular flexibility index (Phi) is 5.28. The summed E-state index contributed by atoms with van der Waals surface area (Å²) >= 11 is 1.52. The van der Waals surface area contributed by atoms with E-state index in [0.29, 0.717) is 17.1 Å². The second-order valence-electron chi connectivity index (χ2n) is 6.78. The maximum absolute atomic E-state index is 12.5. The second-order valence-corrected chi connectivity index (χ2v) is 7.76. The summed E-state index contributed by atoms with van der Waals surface area (Å²) in [6.45, 7) is 6.38. The monoisotopic (exact) mass is 368 g/mol. The number of methoxy groups -OCH3 is 1.